The quantitative estimate of drug-likeness (QED) is 0.673. The summed E-state index contributed by atoms with van der Waals surface area (Å²) in [5, 5.41) is 0. The highest BCUT2D eigenvalue weighted by Gasteiger charge is 2.34. The molecule has 2 rings (SSSR count). The van der Waals surface area contributed by atoms with Crippen molar-refractivity contribution in [3.8, 4) is 0 Å². The van der Waals surface area contributed by atoms with E-state index in [0.717, 1.165) is 10.9 Å². The van der Waals surface area contributed by atoms with Crippen LogP contribution in [0.1, 0.15) is 13.8 Å². The Labute approximate surface area is 94.5 Å². The number of nitrogens with zero attached hydrogens (tertiary/aromatic N) is 1. The van der Waals surface area contributed by atoms with Crippen molar-refractivity contribution >= 4 is 34.0 Å². The number of anilines is 1. The molecule has 14 heavy (non-hydrogen) atoms. The summed E-state index contributed by atoms with van der Waals surface area (Å²) in [5.74, 6) is 0. The summed E-state index contributed by atoms with van der Waals surface area (Å²) in [6.07, 6.45) is 0. The average Bonchev–Trinajstić information content (AvgIpc) is 2.41. The van der Waals surface area contributed by atoms with Gasteiger partial charge in [-0.25, -0.2) is 0 Å². The molecule has 0 unspecified atom stereocenters. The first-order chi connectivity index (χ1) is 6.58. The zero-order chi connectivity index (χ0) is 10.2. The Bertz CT molecular complexity index is 346. The van der Waals surface area contributed by atoms with Crippen LogP contribution in [0.15, 0.2) is 30.3 Å². The van der Waals surface area contributed by atoms with Crippen LogP contribution in [0.4, 0.5) is 5.69 Å². The SMILES string of the molecule is CC1(C)CN(c2ccccc2)C(=S)S1. The van der Waals surface area contributed by atoms with E-state index >= 15 is 0 Å². The lowest BCUT2D eigenvalue weighted by Crippen LogP contribution is -2.27. The topological polar surface area (TPSA) is 3.24 Å². The van der Waals surface area contributed by atoms with Crippen molar-refractivity contribution in [1.82, 2.24) is 0 Å². The highest BCUT2D eigenvalue weighted by atomic mass is 32.2. The zero-order valence-corrected chi connectivity index (χ0v) is 9.99. The van der Waals surface area contributed by atoms with Gasteiger partial charge in [0.1, 0.15) is 4.32 Å². The highest BCUT2D eigenvalue weighted by Crippen LogP contribution is 2.37. The average molecular weight is 223 g/mol. The number of para-hydroxylation sites is 1. The molecule has 0 amide bonds. The second kappa shape index (κ2) is 3.55. The second-order valence-corrected chi connectivity index (χ2v) is 6.39. The van der Waals surface area contributed by atoms with Crippen LogP contribution >= 0.6 is 24.0 Å². The van der Waals surface area contributed by atoms with E-state index in [-0.39, 0.29) is 4.75 Å². The summed E-state index contributed by atoms with van der Waals surface area (Å²) >= 11 is 7.14. The number of benzene rings is 1. The number of hydrogen-bond donors (Lipinski definition) is 0. The third kappa shape index (κ3) is 1.93. The lowest BCUT2D eigenvalue weighted by molar-refractivity contribution is 0.737. The van der Waals surface area contributed by atoms with Crippen LogP contribution in [0.3, 0.4) is 0 Å². The molecule has 1 heterocycles. The fraction of sp³-hybridized carbons (Fsp3) is 0.364. The molecule has 0 bridgehead atoms. The van der Waals surface area contributed by atoms with E-state index in [1.165, 1.54) is 5.69 Å². The summed E-state index contributed by atoms with van der Waals surface area (Å²) in [5.41, 5.74) is 1.20. The predicted molar refractivity (Wildman–Crippen MR) is 68.1 cm³/mol. The Morgan fingerprint density at radius 2 is 1.93 bits per heavy atom. The second-order valence-electron chi connectivity index (χ2n) is 4.05. The molecule has 1 aliphatic rings. The Morgan fingerprint density at radius 1 is 1.29 bits per heavy atom. The maximum absolute atomic E-state index is 5.36. The monoisotopic (exact) mass is 223 g/mol. The van der Waals surface area contributed by atoms with Crippen molar-refractivity contribution in [3.05, 3.63) is 30.3 Å². The van der Waals surface area contributed by atoms with Crippen LogP contribution in [-0.2, 0) is 0 Å². The van der Waals surface area contributed by atoms with Gasteiger partial charge >= 0.3 is 0 Å². The smallest absolute Gasteiger partial charge is 0.141 e. The molecule has 0 aromatic heterocycles. The van der Waals surface area contributed by atoms with Gasteiger partial charge in [-0.05, 0) is 26.0 Å². The first-order valence-corrected chi connectivity index (χ1v) is 5.86. The van der Waals surface area contributed by atoms with E-state index in [0.29, 0.717) is 0 Å². The van der Waals surface area contributed by atoms with Crippen molar-refractivity contribution in [1.29, 1.82) is 0 Å². The molecule has 1 nitrogen and oxygen atoms in total. The van der Waals surface area contributed by atoms with Crippen molar-refractivity contribution < 1.29 is 0 Å². The Balaban J connectivity index is 2.26. The van der Waals surface area contributed by atoms with Gasteiger partial charge in [-0.2, -0.15) is 0 Å². The Hall–Kier alpha value is -0.540. The Kier molecular flexibility index (Phi) is 2.54. The van der Waals surface area contributed by atoms with E-state index in [1.54, 1.807) is 11.8 Å². The molecular weight excluding hydrogens is 210 g/mol. The minimum absolute atomic E-state index is 0.243. The van der Waals surface area contributed by atoms with Crippen molar-refractivity contribution in [2.45, 2.75) is 18.6 Å². The van der Waals surface area contributed by atoms with Crippen molar-refractivity contribution in [2.24, 2.45) is 0 Å². The van der Waals surface area contributed by atoms with Gasteiger partial charge in [-0.15, -0.1) is 0 Å². The zero-order valence-electron chi connectivity index (χ0n) is 8.36. The molecule has 1 fully saturated rings. The van der Waals surface area contributed by atoms with E-state index in [4.69, 9.17) is 12.2 Å². The summed E-state index contributed by atoms with van der Waals surface area (Å²) in [4.78, 5) is 2.21. The van der Waals surface area contributed by atoms with Gasteiger partial charge in [0.2, 0.25) is 0 Å². The standard InChI is InChI=1S/C11H13NS2/c1-11(2)8-12(10(13)14-11)9-6-4-3-5-7-9/h3-7H,8H2,1-2H3. The molecule has 0 atom stereocenters. The predicted octanol–water partition coefficient (Wildman–Crippen LogP) is 3.30. The normalized spacial score (nSPS) is 20.1. The van der Waals surface area contributed by atoms with E-state index in [1.807, 2.05) is 18.2 Å². The molecule has 74 valence electrons. The molecular formula is C11H13NS2. The van der Waals surface area contributed by atoms with Gasteiger partial charge in [0.15, 0.2) is 0 Å². The molecule has 1 aliphatic heterocycles. The van der Waals surface area contributed by atoms with Gasteiger partial charge in [0.25, 0.3) is 0 Å². The molecule has 1 saturated heterocycles. The van der Waals surface area contributed by atoms with Crippen LogP contribution in [0.5, 0.6) is 0 Å². The fourth-order valence-electron chi connectivity index (χ4n) is 1.57. The molecule has 3 heteroatoms. The van der Waals surface area contributed by atoms with Gasteiger partial charge in [-0.3, -0.25) is 0 Å². The number of thiocarbonyl (C=S) groups is 1. The van der Waals surface area contributed by atoms with Crippen LogP contribution < -0.4 is 4.90 Å². The molecule has 1 aromatic rings. The number of hydrogen-bond acceptors (Lipinski definition) is 2. The molecule has 0 aliphatic carbocycles. The van der Waals surface area contributed by atoms with Crippen molar-refractivity contribution in [2.75, 3.05) is 11.4 Å². The maximum atomic E-state index is 5.36. The van der Waals surface area contributed by atoms with Gasteiger partial charge in [0.05, 0.1) is 0 Å². The molecule has 0 radical (unpaired) electrons. The lowest BCUT2D eigenvalue weighted by atomic mass is 10.2. The first kappa shape index (κ1) is 9.99. The molecule has 1 aromatic carbocycles. The maximum Gasteiger partial charge on any atom is 0.141 e. The van der Waals surface area contributed by atoms with Crippen LogP contribution in [-0.4, -0.2) is 15.6 Å². The first-order valence-electron chi connectivity index (χ1n) is 4.64. The molecule has 0 saturated carbocycles. The summed E-state index contributed by atoms with van der Waals surface area (Å²) in [7, 11) is 0. The van der Waals surface area contributed by atoms with E-state index in [9.17, 15) is 0 Å². The largest absolute Gasteiger partial charge is 0.326 e. The molecule has 0 N–H and O–H groups in total. The Morgan fingerprint density at radius 3 is 2.43 bits per heavy atom. The van der Waals surface area contributed by atoms with E-state index < -0.39 is 0 Å². The summed E-state index contributed by atoms with van der Waals surface area (Å²) in [6, 6.07) is 10.3. The minimum Gasteiger partial charge on any atom is -0.326 e. The summed E-state index contributed by atoms with van der Waals surface area (Å²) < 4.78 is 1.23. The number of rotatable bonds is 1. The van der Waals surface area contributed by atoms with Gasteiger partial charge in [0, 0.05) is 17.0 Å². The van der Waals surface area contributed by atoms with Crippen LogP contribution in [0.25, 0.3) is 0 Å². The van der Waals surface area contributed by atoms with Crippen LogP contribution in [0, 0.1) is 0 Å². The highest BCUT2D eigenvalue weighted by molar-refractivity contribution is 8.24. The minimum atomic E-state index is 0.243. The summed E-state index contributed by atoms with van der Waals surface area (Å²) in [6.45, 7) is 5.46. The van der Waals surface area contributed by atoms with E-state index in [2.05, 4.69) is 30.9 Å². The molecule has 0 spiro atoms. The third-order valence-electron chi connectivity index (χ3n) is 2.19. The third-order valence-corrected chi connectivity index (χ3v) is 3.74. The van der Waals surface area contributed by atoms with Gasteiger partial charge < -0.3 is 4.90 Å². The van der Waals surface area contributed by atoms with Crippen molar-refractivity contribution in [3.63, 3.8) is 0 Å². The van der Waals surface area contributed by atoms with Crippen LogP contribution in [0.2, 0.25) is 0 Å². The lowest BCUT2D eigenvalue weighted by Gasteiger charge is -2.19. The fourth-order valence-corrected chi connectivity index (χ4v) is 3.37. The van der Waals surface area contributed by atoms with Gasteiger partial charge in [-0.1, -0.05) is 42.2 Å². The number of thioether (sulfide) groups is 1.